The first-order valence-corrected chi connectivity index (χ1v) is 8.33. The zero-order valence-corrected chi connectivity index (χ0v) is 14.0. The Morgan fingerprint density at radius 2 is 1.52 bits per heavy atom. The van der Waals surface area contributed by atoms with E-state index in [1.54, 1.807) is 12.1 Å². The van der Waals surface area contributed by atoms with Gasteiger partial charge in [-0.05, 0) is 23.8 Å². The quantitative estimate of drug-likeness (QED) is 0.438. The SMILES string of the molecule is O=C(c1cccc(C(F)(F)F)c1)c1c(-c2ccccc2)[nH]c2ccccc12. The van der Waals surface area contributed by atoms with Crippen LogP contribution in [0.1, 0.15) is 21.5 Å². The first-order valence-electron chi connectivity index (χ1n) is 8.33. The minimum absolute atomic E-state index is 0.00626. The molecule has 4 aromatic rings. The van der Waals surface area contributed by atoms with Crippen LogP contribution >= 0.6 is 0 Å². The second-order valence-corrected chi connectivity index (χ2v) is 6.19. The van der Waals surface area contributed by atoms with Gasteiger partial charge in [0.2, 0.25) is 0 Å². The minimum atomic E-state index is -4.50. The average molecular weight is 365 g/mol. The Kier molecular flexibility index (Phi) is 4.07. The summed E-state index contributed by atoms with van der Waals surface area (Å²) in [7, 11) is 0. The summed E-state index contributed by atoms with van der Waals surface area (Å²) >= 11 is 0. The van der Waals surface area contributed by atoms with Crippen LogP contribution in [0.2, 0.25) is 0 Å². The van der Waals surface area contributed by atoms with Crippen LogP contribution in [0.4, 0.5) is 13.2 Å². The van der Waals surface area contributed by atoms with Crippen molar-refractivity contribution in [2.45, 2.75) is 6.18 Å². The molecule has 5 heteroatoms. The van der Waals surface area contributed by atoms with E-state index < -0.39 is 17.5 Å². The maximum absolute atomic E-state index is 13.2. The molecule has 4 rings (SSSR count). The molecule has 1 heterocycles. The molecule has 27 heavy (non-hydrogen) atoms. The third kappa shape index (κ3) is 3.12. The number of aromatic nitrogens is 1. The monoisotopic (exact) mass is 365 g/mol. The molecule has 0 fully saturated rings. The van der Waals surface area contributed by atoms with Crippen molar-refractivity contribution in [1.82, 2.24) is 4.98 Å². The van der Waals surface area contributed by atoms with Gasteiger partial charge >= 0.3 is 6.18 Å². The highest BCUT2D eigenvalue weighted by Crippen LogP contribution is 2.34. The fourth-order valence-electron chi connectivity index (χ4n) is 3.18. The molecule has 134 valence electrons. The number of nitrogens with one attached hydrogen (secondary N) is 1. The number of H-pyrrole nitrogens is 1. The average Bonchev–Trinajstić information content (AvgIpc) is 3.07. The molecule has 0 saturated heterocycles. The standard InChI is InChI=1S/C22H14F3NO/c23-22(24,25)16-10-6-9-15(13-16)21(27)19-17-11-4-5-12-18(17)26-20(19)14-7-2-1-3-8-14/h1-13,26H. The predicted octanol–water partition coefficient (Wildman–Crippen LogP) is 6.08. The summed E-state index contributed by atoms with van der Waals surface area (Å²) < 4.78 is 39.2. The number of carbonyl (C=O) groups is 1. The molecule has 0 amide bonds. The van der Waals surface area contributed by atoms with E-state index in [4.69, 9.17) is 0 Å². The summed E-state index contributed by atoms with van der Waals surface area (Å²) in [6.45, 7) is 0. The van der Waals surface area contributed by atoms with Crippen LogP contribution in [0, 0.1) is 0 Å². The van der Waals surface area contributed by atoms with Crippen LogP contribution in [-0.4, -0.2) is 10.8 Å². The summed E-state index contributed by atoms with van der Waals surface area (Å²) in [6.07, 6.45) is -4.50. The third-order valence-corrected chi connectivity index (χ3v) is 4.45. The number of halogens is 3. The maximum atomic E-state index is 13.2. The highest BCUT2D eigenvalue weighted by molar-refractivity contribution is 6.20. The van der Waals surface area contributed by atoms with Crippen molar-refractivity contribution >= 4 is 16.7 Å². The lowest BCUT2D eigenvalue weighted by atomic mass is 9.96. The Balaban J connectivity index is 1.92. The Bertz CT molecular complexity index is 1130. The molecule has 0 radical (unpaired) electrons. The summed E-state index contributed by atoms with van der Waals surface area (Å²) in [5, 5.41) is 0.679. The Morgan fingerprint density at radius 1 is 0.815 bits per heavy atom. The number of carbonyl (C=O) groups excluding carboxylic acids is 1. The van der Waals surface area contributed by atoms with E-state index in [1.807, 2.05) is 42.5 Å². The van der Waals surface area contributed by atoms with Crippen LogP contribution in [-0.2, 0) is 6.18 Å². The number of benzene rings is 3. The van der Waals surface area contributed by atoms with Crippen molar-refractivity contribution in [3.05, 3.63) is 95.6 Å². The normalized spacial score (nSPS) is 11.7. The Hall–Kier alpha value is -3.34. The summed E-state index contributed by atoms with van der Waals surface area (Å²) in [4.78, 5) is 16.4. The molecule has 2 nitrogen and oxygen atoms in total. The number of fused-ring (bicyclic) bond motifs is 1. The van der Waals surface area contributed by atoms with Gasteiger partial charge in [-0.25, -0.2) is 0 Å². The Labute approximate surface area is 153 Å². The van der Waals surface area contributed by atoms with Gasteiger partial charge < -0.3 is 4.98 Å². The van der Waals surface area contributed by atoms with E-state index in [0.717, 1.165) is 23.2 Å². The van der Waals surface area contributed by atoms with Crippen LogP contribution in [0.3, 0.4) is 0 Å². The fourth-order valence-corrected chi connectivity index (χ4v) is 3.18. The van der Waals surface area contributed by atoms with Gasteiger partial charge in [0.15, 0.2) is 5.78 Å². The minimum Gasteiger partial charge on any atom is -0.354 e. The van der Waals surface area contributed by atoms with Gasteiger partial charge in [0.25, 0.3) is 0 Å². The molecule has 0 aliphatic heterocycles. The smallest absolute Gasteiger partial charge is 0.354 e. The molecule has 0 atom stereocenters. The van der Waals surface area contributed by atoms with Gasteiger partial charge in [-0.15, -0.1) is 0 Å². The van der Waals surface area contributed by atoms with Crippen molar-refractivity contribution in [2.24, 2.45) is 0 Å². The van der Waals surface area contributed by atoms with E-state index in [9.17, 15) is 18.0 Å². The first kappa shape index (κ1) is 17.1. The van der Waals surface area contributed by atoms with E-state index in [1.165, 1.54) is 12.1 Å². The predicted molar refractivity (Wildman–Crippen MR) is 98.6 cm³/mol. The van der Waals surface area contributed by atoms with Gasteiger partial charge in [-0.3, -0.25) is 4.79 Å². The van der Waals surface area contributed by atoms with E-state index in [0.29, 0.717) is 16.6 Å². The topological polar surface area (TPSA) is 32.9 Å². The molecule has 3 aromatic carbocycles. The second-order valence-electron chi connectivity index (χ2n) is 6.19. The summed E-state index contributed by atoms with van der Waals surface area (Å²) in [6, 6.07) is 21.1. The molecule has 0 bridgehead atoms. The zero-order valence-electron chi connectivity index (χ0n) is 14.0. The van der Waals surface area contributed by atoms with E-state index >= 15 is 0 Å². The zero-order chi connectivity index (χ0) is 19.0. The van der Waals surface area contributed by atoms with Crippen LogP contribution in [0.15, 0.2) is 78.9 Å². The third-order valence-electron chi connectivity index (χ3n) is 4.45. The Morgan fingerprint density at radius 3 is 2.26 bits per heavy atom. The van der Waals surface area contributed by atoms with Gasteiger partial charge in [-0.1, -0.05) is 60.7 Å². The molecule has 0 aliphatic carbocycles. The molecule has 0 unspecified atom stereocenters. The number of para-hydroxylation sites is 1. The molecular weight excluding hydrogens is 351 g/mol. The highest BCUT2D eigenvalue weighted by Gasteiger charge is 2.31. The molecule has 0 aliphatic rings. The van der Waals surface area contributed by atoms with Crippen LogP contribution < -0.4 is 0 Å². The number of alkyl halides is 3. The molecule has 1 aromatic heterocycles. The van der Waals surface area contributed by atoms with Crippen molar-refractivity contribution < 1.29 is 18.0 Å². The largest absolute Gasteiger partial charge is 0.416 e. The molecule has 0 saturated carbocycles. The lowest BCUT2D eigenvalue weighted by Crippen LogP contribution is -2.08. The van der Waals surface area contributed by atoms with Gasteiger partial charge in [0.1, 0.15) is 0 Å². The number of hydrogen-bond donors (Lipinski definition) is 1. The van der Waals surface area contributed by atoms with Crippen molar-refractivity contribution in [2.75, 3.05) is 0 Å². The van der Waals surface area contributed by atoms with Gasteiger partial charge in [0, 0.05) is 16.5 Å². The maximum Gasteiger partial charge on any atom is 0.416 e. The summed E-state index contributed by atoms with van der Waals surface area (Å²) in [5.74, 6) is -0.447. The van der Waals surface area contributed by atoms with Crippen LogP contribution in [0.25, 0.3) is 22.2 Å². The van der Waals surface area contributed by atoms with Crippen molar-refractivity contribution in [3.8, 4) is 11.3 Å². The lowest BCUT2D eigenvalue weighted by molar-refractivity contribution is -0.137. The van der Waals surface area contributed by atoms with Gasteiger partial charge in [-0.2, -0.15) is 13.2 Å². The summed E-state index contributed by atoms with van der Waals surface area (Å²) in [5.41, 5.74) is 1.69. The number of hydrogen-bond acceptors (Lipinski definition) is 1. The first-order chi connectivity index (χ1) is 12.9. The van der Waals surface area contributed by atoms with Gasteiger partial charge in [0.05, 0.1) is 16.8 Å². The number of aromatic amines is 1. The fraction of sp³-hybridized carbons (Fsp3) is 0.0455. The molecule has 0 spiro atoms. The number of ketones is 1. The highest BCUT2D eigenvalue weighted by atomic mass is 19.4. The van der Waals surface area contributed by atoms with Crippen molar-refractivity contribution in [3.63, 3.8) is 0 Å². The molecule has 1 N–H and O–H groups in total. The van der Waals surface area contributed by atoms with E-state index in [2.05, 4.69) is 4.98 Å². The second kappa shape index (κ2) is 6.43. The van der Waals surface area contributed by atoms with Crippen LogP contribution in [0.5, 0.6) is 0 Å². The lowest BCUT2D eigenvalue weighted by Gasteiger charge is -2.09. The number of rotatable bonds is 3. The van der Waals surface area contributed by atoms with E-state index in [-0.39, 0.29) is 5.56 Å². The molecular formula is C22H14F3NO. The van der Waals surface area contributed by atoms with Crippen molar-refractivity contribution in [1.29, 1.82) is 0 Å².